The van der Waals surface area contributed by atoms with Crippen molar-refractivity contribution in [1.82, 2.24) is 15.2 Å². The quantitative estimate of drug-likeness (QED) is 0.608. The lowest BCUT2D eigenvalue weighted by atomic mass is 9.74. The monoisotopic (exact) mass is 530 g/mol. The largest absolute Gasteiger partial charge is 0.416 e. The Morgan fingerprint density at radius 1 is 1.17 bits per heavy atom. The molecular formula is C25H37F3N4O3S. The van der Waals surface area contributed by atoms with Gasteiger partial charge in [-0.2, -0.15) is 13.2 Å². The summed E-state index contributed by atoms with van der Waals surface area (Å²) in [5.74, 6) is 1.48. The molecule has 2 aliphatic heterocycles. The Hall–Kier alpha value is -1.88. The van der Waals surface area contributed by atoms with E-state index in [1.54, 1.807) is 0 Å². The first-order chi connectivity index (χ1) is 16.9. The minimum atomic E-state index is -4.42. The Balaban J connectivity index is 1.33. The van der Waals surface area contributed by atoms with Gasteiger partial charge in [-0.15, -0.1) is 0 Å². The number of amides is 1. The zero-order valence-corrected chi connectivity index (χ0v) is 21.9. The number of pyridine rings is 1. The van der Waals surface area contributed by atoms with Gasteiger partial charge in [-0.05, 0) is 62.6 Å². The predicted octanol–water partition coefficient (Wildman–Crippen LogP) is 3.36. The Labute approximate surface area is 211 Å². The van der Waals surface area contributed by atoms with E-state index in [2.05, 4.69) is 24.1 Å². The highest BCUT2D eigenvalue weighted by molar-refractivity contribution is 7.91. The van der Waals surface area contributed by atoms with Crippen LogP contribution in [0.25, 0.3) is 0 Å². The van der Waals surface area contributed by atoms with Crippen molar-refractivity contribution in [3.63, 3.8) is 0 Å². The maximum atomic E-state index is 13.8. The van der Waals surface area contributed by atoms with Crippen molar-refractivity contribution in [3.05, 3.63) is 23.9 Å². The number of carbonyl (C=O) groups excluding carboxylic acids is 1. The molecule has 0 unspecified atom stereocenters. The highest BCUT2D eigenvalue weighted by Crippen LogP contribution is 2.46. The SMILES string of the molecule is CC(C)[C@@]1(C(=O)N2CCN(c3cc(C(F)(F)F)ccn3)CC2)CC[C@H](NCC2CCS(=O)(=O)CC2)C1. The third-order valence-electron chi connectivity index (χ3n) is 8.41. The molecule has 1 aromatic heterocycles. The van der Waals surface area contributed by atoms with Gasteiger partial charge in [0.05, 0.1) is 22.5 Å². The number of anilines is 1. The van der Waals surface area contributed by atoms with Gasteiger partial charge in [0.1, 0.15) is 15.7 Å². The lowest BCUT2D eigenvalue weighted by Crippen LogP contribution is -2.54. The molecule has 0 spiro atoms. The molecule has 3 heterocycles. The second kappa shape index (κ2) is 10.5. The van der Waals surface area contributed by atoms with E-state index in [4.69, 9.17) is 0 Å². The molecule has 11 heteroatoms. The van der Waals surface area contributed by atoms with Crippen molar-refractivity contribution in [2.45, 2.75) is 58.2 Å². The fraction of sp³-hybridized carbons (Fsp3) is 0.760. The standard InChI is InChI=1S/C25H37F3N4O3S/c1-18(2)24(7-3-21(16-24)30-17-19-5-13-36(34,35)14-6-19)23(33)32-11-9-31(10-12-32)22-15-20(4-8-29-22)25(26,27)28/h4,8,15,18-19,21,30H,3,5-7,9-14,16-17H2,1-2H3/t21-,24+/m0/s1. The van der Waals surface area contributed by atoms with Crippen LogP contribution in [-0.2, 0) is 20.8 Å². The molecule has 0 radical (unpaired) electrons. The molecule has 2 atom stereocenters. The molecule has 2 saturated heterocycles. The highest BCUT2D eigenvalue weighted by Gasteiger charge is 2.49. The van der Waals surface area contributed by atoms with Crippen LogP contribution in [0.2, 0.25) is 0 Å². The van der Waals surface area contributed by atoms with E-state index in [1.807, 2.05) is 9.80 Å². The molecule has 202 valence electrons. The molecule has 7 nitrogen and oxygen atoms in total. The third kappa shape index (κ3) is 5.98. The van der Waals surface area contributed by atoms with Crippen molar-refractivity contribution in [2.24, 2.45) is 17.3 Å². The van der Waals surface area contributed by atoms with Crippen LogP contribution in [-0.4, -0.2) is 74.5 Å². The van der Waals surface area contributed by atoms with Gasteiger partial charge < -0.3 is 15.1 Å². The van der Waals surface area contributed by atoms with E-state index >= 15 is 0 Å². The molecule has 36 heavy (non-hydrogen) atoms. The molecular weight excluding hydrogens is 493 g/mol. The number of halogens is 3. The van der Waals surface area contributed by atoms with E-state index in [-0.39, 0.29) is 35.2 Å². The Morgan fingerprint density at radius 3 is 2.44 bits per heavy atom. The van der Waals surface area contributed by atoms with E-state index in [0.29, 0.717) is 44.9 Å². The summed E-state index contributed by atoms with van der Waals surface area (Å²) in [5, 5.41) is 3.62. The van der Waals surface area contributed by atoms with E-state index < -0.39 is 27.0 Å². The second-order valence-corrected chi connectivity index (χ2v) is 13.2. The van der Waals surface area contributed by atoms with Crippen LogP contribution < -0.4 is 10.2 Å². The van der Waals surface area contributed by atoms with Crippen LogP contribution in [0.5, 0.6) is 0 Å². The van der Waals surface area contributed by atoms with Gasteiger partial charge in [0, 0.05) is 38.4 Å². The molecule has 0 bridgehead atoms. The van der Waals surface area contributed by atoms with Crippen molar-refractivity contribution >= 4 is 21.6 Å². The van der Waals surface area contributed by atoms with Crippen LogP contribution in [0.1, 0.15) is 51.5 Å². The van der Waals surface area contributed by atoms with Gasteiger partial charge >= 0.3 is 6.18 Å². The van der Waals surface area contributed by atoms with E-state index in [9.17, 15) is 26.4 Å². The minimum absolute atomic E-state index is 0.141. The normalized spacial score (nSPS) is 27.6. The molecule has 0 aromatic carbocycles. The van der Waals surface area contributed by atoms with Crippen LogP contribution in [0, 0.1) is 17.3 Å². The summed E-state index contributed by atoms with van der Waals surface area (Å²) in [7, 11) is -2.87. The van der Waals surface area contributed by atoms with Crippen molar-refractivity contribution in [2.75, 3.05) is 49.1 Å². The Kier molecular flexibility index (Phi) is 7.90. The number of aromatic nitrogens is 1. The number of nitrogens with one attached hydrogen (secondary N) is 1. The average molecular weight is 531 g/mol. The lowest BCUT2D eigenvalue weighted by Gasteiger charge is -2.42. The first kappa shape index (κ1) is 27.2. The van der Waals surface area contributed by atoms with Crippen molar-refractivity contribution in [3.8, 4) is 0 Å². The molecule has 3 fully saturated rings. The number of hydrogen-bond acceptors (Lipinski definition) is 6. The number of alkyl halides is 3. The summed E-state index contributed by atoms with van der Waals surface area (Å²) in [5.41, 5.74) is -1.17. The second-order valence-electron chi connectivity index (χ2n) is 10.9. The van der Waals surface area contributed by atoms with Crippen molar-refractivity contribution in [1.29, 1.82) is 0 Å². The Bertz CT molecular complexity index is 1030. The molecule has 3 aliphatic rings. The highest BCUT2D eigenvalue weighted by atomic mass is 32.2. The van der Waals surface area contributed by atoms with Crippen LogP contribution in [0.4, 0.5) is 19.0 Å². The minimum Gasteiger partial charge on any atom is -0.353 e. The van der Waals surface area contributed by atoms with Crippen LogP contribution in [0.3, 0.4) is 0 Å². The number of sulfone groups is 1. The van der Waals surface area contributed by atoms with Gasteiger partial charge in [-0.1, -0.05) is 13.8 Å². The van der Waals surface area contributed by atoms with Crippen LogP contribution >= 0.6 is 0 Å². The van der Waals surface area contributed by atoms with Crippen LogP contribution in [0.15, 0.2) is 18.3 Å². The van der Waals surface area contributed by atoms with E-state index in [1.165, 1.54) is 6.20 Å². The number of hydrogen-bond donors (Lipinski definition) is 1. The first-order valence-electron chi connectivity index (χ1n) is 12.9. The summed E-state index contributed by atoms with van der Waals surface area (Å²) in [4.78, 5) is 21.6. The fourth-order valence-electron chi connectivity index (χ4n) is 5.91. The molecule has 1 N–H and O–H groups in total. The lowest BCUT2D eigenvalue weighted by molar-refractivity contribution is -0.145. The molecule has 4 rings (SSSR count). The zero-order chi connectivity index (χ0) is 26.1. The maximum Gasteiger partial charge on any atom is 0.416 e. The molecule has 1 aromatic rings. The summed E-state index contributed by atoms with van der Waals surface area (Å²) in [6.45, 7) is 6.77. The topological polar surface area (TPSA) is 82.6 Å². The Morgan fingerprint density at radius 2 is 1.83 bits per heavy atom. The molecule has 1 amide bonds. The summed E-state index contributed by atoms with van der Waals surface area (Å²) >= 11 is 0. The first-order valence-corrected chi connectivity index (χ1v) is 14.7. The van der Waals surface area contributed by atoms with Gasteiger partial charge in [0.15, 0.2) is 0 Å². The predicted molar refractivity (Wildman–Crippen MR) is 132 cm³/mol. The average Bonchev–Trinajstić information content (AvgIpc) is 3.28. The number of nitrogens with zero attached hydrogens (tertiary/aromatic N) is 3. The number of rotatable bonds is 6. The summed E-state index contributed by atoms with van der Waals surface area (Å²) < 4.78 is 62.6. The van der Waals surface area contributed by atoms with Gasteiger partial charge in [-0.3, -0.25) is 4.79 Å². The fourth-order valence-corrected chi connectivity index (χ4v) is 7.50. The maximum absolute atomic E-state index is 13.8. The van der Waals surface area contributed by atoms with E-state index in [0.717, 1.165) is 37.9 Å². The zero-order valence-electron chi connectivity index (χ0n) is 21.1. The molecule has 1 aliphatic carbocycles. The van der Waals surface area contributed by atoms with Gasteiger partial charge in [-0.25, -0.2) is 13.4 Å². The van der Waals surface area contributed by atoms with Gasteiger partial charge in [0.2, 0.25) is 5.91 Å². The summed E-state index contributed by atoms with van der Waals surface area (Å²) in [6.07, 6.45) is 0.618. The van der Waals surface area contributed by atoms with Crippen molar-refractivity contribution < 1.29 is 26.4 Å². The smallest absolute Gasteiger partial charge is 0.353 e. The summed E-state index contributed by atoms with van der Waals surface area (Å²) in [6, 6.07) is 2.27. The molecule has 1 saturated carbocycles. The van der Waals surface area contributed by atoms with Gasteiger partial charge in [0.25, 0.3) is 0 Å². The number of piperazine rings is 1. The number of carbonyl (C=O) groups is 1. The third-order valence-corrected chi connectivity index (χ3v) is 10.1.